The van der Waals surface area contributed by atoms with Crippen molar-refractivity contribution in [2.24, 2.45) is 0 Å². The molecule has 1 aliphatic heterocycles. The second-order valence-corrected chi connectivity index (χ2v) is 9.07. The highest BCUT2D eigenvalue weighted by atomic mass is 15.1. The lowest BCUT2D eigenvalue weighted by molar-refractivity contribution is 0.264. The first-order valence-corrected chi connectivity index (χ1v) is 12.0. The molecule has 0 spiro atoms. The lowest BCUT2D eigenvalue weighted by atomic mass is 10.0. The molecule has 3 heterocycles. The Morgan fingerprint density at radius 1 is 1.06 bits per heavy atom. The first-order chi connectivity index (χ1) is 16.9. The predicted octanol–water partition coefficient (Wildman–Crippen LogP) is 5.60. The van der Waals surface area contributed by atoms with E-state index in [0.29, 0.717) is 6.04 Å². The minimum absolute atomic E-state index is 0.582. The van der Waals surface area contributed by atoms with Gasteiger partial charge in [-0.2, -0.15) is 0 Å². The van der Waals surface area contributed by atoms with E-state index in [1.807, 2.05) is 56.8 Å². The maximum Gasteiger partial charge on any atom is 0.126 e. The van der Waals surface area contributed by atoms with Crippen LogP contribution in [-0.2, 0) is 0 Å². The average molecular weight is 471 g/mol. The molecule has 1 saturated heterocycles. The average Bonchev–Trinajstić information content (AvgIpc) is 2.88. The van der Waals surface area contributed by atoms with Gasteiger partial charge in [0.2, 0.25) is 0 Å². The van der Waals surface area contributed by atoms with Gasteiger partial charge in [0.15, 0.2) is 0 Å². The highest BCUT2D eigenvalue weighted by molar-refractivity contribution is 5.88. The number of pyridine rings is 2. The largest absolute Gasteiger partial charge is 0.383 e. The van der Waals surface area contributed by atoms with E-state index in [-0.39, 0.29) is 0 Å². The number of aromatic nitrogens is 2. The van der Waals surface area contributed by atoms with Crippen molar-refractivity contribution >= 4 is 33.9 Å². The molecule has 35 heavy (non-hydrogen) atoms. The Morgan fingerprint density at radius 2 is 1.83 bits per heavy atom. The van der Waals surface area contributed by atoms with Gasteiger partial charge in [-0.15, -0.1) is 0 Å². The van der Waals surface area contributed by atoms with E-state index in [1.54, 1.807) is 0 Å². The fraction of sp³-hybridized carbons (Fsp3) is 0.310. The number of benzene rings is 1. The number of nitrogens with one attached hydrogen (secondary N) is 2. The molecule has 1 aliphatic rings. The van der Waals surface area contributed by atoms with Gasteiger partial charge in [-0.3, -0.25) is 4.98 Å². The Balaban J connectivity index is 0.000000198. The molecule has 1 fully saturated rings. The number of nitrogens with zero attached hydrogens (tertiary/aromatic N) is 4. The molecule has 1 aromatic carbocycles. The van der Waals surface area contributed by atoms with Crippen molar-refractivity contribution in [2.45, 2.75) is 18.9 Å². The van der Waals surface area contributed by atoms with Crippen molar-refractivity contribution < 1.29 is 0 Å². The molecule has 6 heteroatoms. The number of piperidine rings is 1. The van der Waals surface area contributed by atoms with Gasteiger partial charge in [-0.05, 0) is 73.3 Å². The van der Waals surface area contributed by atoms with E-state index < -0.39 is 0 Å². The molecule has 0 unspecified atom stereocenters. The fourth-order valence-electron chi connectivity index (χ4n) is 4.02. The van der Waals surface area contributed by atoms with Crippen LogP contribution < -0.4 is 10.6 Å². The first-order valence-electron chi connectivity index (χ1n) is 12.0. The highest BCUT2D eigenvalue weighted by Gasteiger charge is 2.16. The molecule has 184 valence electrons. The summed E-state index contributed by atoms with van der Waals surface area (Å²) in [5.41, 5.74) is 4.43. The van der Waals surface area contributed by atoms with E-state index >= 15 is 0 Å². The molecule has 6 nitrogen and oxygen atoms in total. The quantitative estimate of drug-likeness (QED) is 0.439. The smallest absolute Gasteiger partial charge is 0.126 e. The zero-order valence-electron chi connectivity index (χ0n) is 21.5. The van der Waals surface area contributed by atoms with E-state index in [2.05, 4.69) is 82.2 Å². The SMILES string of the molecule is C=C/C(=C\N(C)C)c1ccc2cnc(NC)cc2c1.C=Cc1cncc(NC2CCN(C)CC2)c1. The third-order valence-electron chi connectivity index (χ3n) is 6.01. The minimum Gasteiger partial charge on any atom is -0.383 e. The van der Waals surface area contributed by atoms with E-state index in [0.717, 1.165) is 33.6 Å². The number of likely N-dealkylation sites (tertiary alicyclic amines) is 1. The Kier molecular flexibility index (Phi) is 9.44. The Hall–Kier alpha value is -3.64. The summed E-state index contributed by atoms with van der Waals surface area (Å²) in [6.45, 7) is 9.98. The van der Waals surface area contributed by atoms with Crippen LogP contribution in [-0.4, -0.2) is 67.1 Å². The van der Waals surface area contributed by atoms with Crippen molar-refractivity contribution in [2.75, 3.05) is 51.9 Å². The molecule has 0 amide bonds. The third kappa shape index (κ3) is 7.69. The van der Waals surface area contributed by atoms with Gasteiger partial charge in [0.25, 0.3) is 0 Å². The molecule has 0 atom stereocenters. The summed E-state index contributed by atoms with van der Waals surface area (Å²) in [5, 5.41) is 8.90. The van der Waals surface area contributed by atoms with Gasteiger partial charge in [-0.25, -0.2) is 4.98 Å². The van der Waals surface area contributed by atoms with Crippen LogP contribution >= 0.6 is 0 Å². The van der Waals surface area contributed by atoms with Gasteiger partial charge in [0.05, 0.1) is 5.69 Å². The van der Waals surface area contributed by atoms with Crippen LogP contribution in [0.25, 0.3) is 22.4 Å². The summed E-state index contributed by atoms with van der Waals surface area (Å²) >= 11 is 0. The van der Waals surface area contributed by atoms with Gasteiger partial charge < -0.3 is 20.4 Å². The molecular weight excluding hydrogens is 432 g/mol. The van der Waals surface area contributed by atoms with Crippen molar-refractivity contribution in [1.82, 2.24) is 19.8 Å². The van der Waals surface area contributed by atoms with Crippen LogP contribution in [0.4, 0.5) is 11.5 Å². The molecule has 2 N–H and O–H groups in total. The summed E-state index contributed by atoms with van der Waals surface area (Å²) in [4.78, 5) is 12.9. The molecule has 4 rings (SSSR count). The van der Waals surface area contributed by atoms with Crippen LogP contribution in [0.5, 0.6) is 0 Å². The zero-order valence-corrected chi connectivity index (χ0v) is 21.5. The molecule has 0 radical (unpaired) electrons. The summed E-state index contributed by atoms with van der Waals surface area (Å²) < 4.78 is 0. The standard InChI is InChI=1S/C16H19N3.C13H19N3/c1-5-12(11-19(3)4)13-6-7-14-10-18-16(17-2)9-15(14)8-13;1-3-11-8-13(10-14-9-11)15-12-4-6-16(2)7-5-12/h5-11H,1H2,2-4H3,(H,17,18);3,8-10,12,15H,1,4-7H2,2H3/b12-11+;. The topological polar surface area (TPSA) is 56.3 Å². The summed E-state index contributed by atoms with van der Waals surface area (Å²) in [6.07, 6.45) is 13.8. The summed E-state index contributed by atoms with van der Waals surface area (Å²) in [7, 11) is 8.07. The normalized spacial score (nSPS) is 14.6. The van der Waals surface area contributed by atoms with Crippen molar-refractivity contribution in [3.8, 4) is 0 Å². The number of anilines is 2. The van der Waals surface area contributed by atoms with Crippen molar-refractivity contribution in [3.63, 3.8) is 0 Å². The van der Waals surface area contributed by atoms with Crippen molar-refractivity contribution in [3.05, 3.63) is 85.5 Å². The van der Waals surface area contributed by atoms with Crippen LogP contribution in [0, 0.1) is 0 Å². The number of allylic oxidation sites excluding steroid dienone is 2. The lowest BCUT2D eigenvalue weighted by Crippen LogP contribution is -2.36. The number of fused-ring (bicyclic) bond motifs is 1. The Morgan fingerprint density at radius 3 is 2.49 bits per heavy atom. The molecule has 3 aromatic rings. The van der Waals surface area contributed by atoms with Gasteiger partial charge >= 0.3 is 0 Å². The van der Waals surface area contributed by atoms with Crippen molar-refractivity contribution in [1.29, 1.82) is 0 Å². The Labute approximate surface area is 210 Å². The molecule has 0 bridgehead atoms. The van der Waals surface area contributed by atoms with Crippen LogP contribution in [0.1, 0.15) is 24.0 Å². The van der Waals surface area contributed by atoms with Gasteiger partial charge in [-0.1, -0.05) is 37.4 Å². The van der Waals surface area contributed by atoms with Crippen LogP contribution in [0.15, 0.2) is 74.4 Å². The molecule has 0 saturated carbocycles. The first kappa shape index (κ1) is 26.0. The predicted molar refractivity (Wildman–Crippen MR) is 152 cm³/mol. The maximum absolute atomic E-state index is 4.31. The Bertz CT molecular complexity index is 1160. The van der Waals surface area contributed by atoms with Gasteiger partial charge in [0, 0.05) is 57.4 Å². The highest BCUT2D eigenvalue weighted by Crippen LogP contribution is 2.23. The molecule has 0 aliphatic carbocycles. The fourth-order valence-corrected chi connectivity index (χ4v) is 4.02. The lowest BCUT2D eigenvalue weighted by Gasteiger charge is -2.30. The van der Waals surface area contributed by atoms with E-state index in [9.17, 15) is 0 Å². The molecular formula is C29H38N6. The number of hydrogen-bond donors (Lipinski definition) is 2. The maximum atomic E-state index is 4.31. The molecule has 2 aromatic heterocycles. The van der Waals surface area contributed by atoms with Gasteiger partial charge in [0.1, 0.15) is 5.82 Å². The zero-order chi connectivity index (χ0) is 25.2. The summed E-state index contributed by atoms with van der Waals surface area (Å²) in [5.74, 6) is 0.876. The van der Waals surface area contributed by atoms with Crippen LogP contribution in [0.3, 0.4) is 0 Å². The second-order valence-electron chi connectivity index (χ2n) is 9.07. The minimum atomic E-state index is 0.582. The number of rotatable bonds is 7. The monoisotopic (exact) mass is 470 g/mol. The second kappa shape index (κ2) is 12.7. The summed E-state index contributed by atoms with van der Waals surface area (Å²) in [6, 6.07) is 11.1. The van der Waals surface area contributed by atoms with E-state index in [4.69, 9.17) is 0 Å². The number of hydrogen-bond acceptors (Lipinski definition) is 6. The van der Waals surface area contributed by atoms with Crippen LogP contribution in [0.2, 0.25) is 0 Å². The third-order valence-corrected chi connectivity index (χ3v) is 6.01. The van der Waals surface area contributed by atoms with E-state index in [1.165, 1.54) is 31.3 Å².